The Kier molecular flexibility index (Phi) is 5.49. The minimum Gasteiger partial charge on any atom is -0.496 e. The highest BCUT2D eigenvalue weighted by Gasteiger charge is 2.31. The smallest absolute Gasteiger partial charge is 0.255 e. The summed E-state index contributed by atoms with van der Waals surface area (Å²) in [6.45, 7) is 2.65. The predicted molar refractivity (Wildman–Crippen MR) is 94.9 cm³/mol. The van der Waals surface area contributed by atoms with E-state index in [9.17, 15) is 13.2 Å². The first-order valence-electron chi connectivity index (χ1n) is 8.29. The number of primary sulfonamides is 1. The summed E-state index contributed by atoms with van der Waals surface area (Å²) in [5.41, 5.74) is 0.874. The maximum Gasteiger partial charge on any atom is 0.255 e. The van der Waals surface area contributed by atoms with Crippen LogP contribution in [0.5, 0.6) is 5.75 Å². The molecule has 0 unspecified atom stereocenters. The van der Waals surface area contributed by atoms with Crippen LogP contribution in [0.15, 0.2) is 33.7 Å². The first kappa shape index (κ1) is 19.3. The summed E-state index contributed by atoms with van der Waals surface area (Å²) in [7, 11) is -2.54. The topological polar surface area (TPSA) is 134 Å². The monoisotopic (exact) mass is 395 g/mol. The molecule has 1 fully saturated rings. The molecule has 146 valence electrons. The Morgan fingerprint density at radius 1 is 1.37 bits per heavy atom. The van der Waals surface area contributed by atoms with Gasteiger partial charge in [-0.1, -0.05) is 5.16 Å². The third-order valence-electron chi connectivity index (χ3n) is 4.40. The number of sulfonamides is 1. The highest BCUT2D eigenvalue weighted by Crippen LogP contribution is 2.24. The molecule has 9 nitrogen and oxygen atoms in total. The molecule has 3 N–H and O–H groups in total. The van der Waals surface area contributed by atoms with Crippen molar-refractivity contribution in [3.05, 3.63) is 41.3 Å². The van der Waals surface area contributed by atoms with Crippen LogP contribution in [0.1, 0.15) is 21.8 Å². The molecule has 1 aliphatic heterocycles. The van der Waals surface area contributed by atoms with Gasteiger partial charge in [-0.2, -0.15) is 0 Å². The minimum absolute atomic E-state index is 0.00807. The Morgan fingerprint density at radius 3 is 2.78 bits per heavy atom. The highest BCUT2D eigenvalue weighted by atomic mass is 32.2. The van der Waals surface area contributed by atoms with Crippen molar-refractivity contribution in [3.63, 3.8) is 0 Å². The molecular formula is C17H21N3O6S. The number of nitrogens with two attached hydrogens (primary N) is 1. The fourth-order valence-corrected chi connectivity index (χ4v) is 3.56. The van der Waals surface area contributed by atoms with E-state index in [0.29, 0.717) is 19.6 Å². The predicted octanol–water partition coefficient (Wildman–Crippen LogP) is 0.627. The number of hydrogen-bond donors (Lipinski definition) is 2. The van der Waals surface area contributed by atoms with Crippen LogP contribution in [-0.2, 0) is 21.2 Å². The third kappa shape index (κ3) is 4.46. The molecule has 0 aliphatic carbocycles. The van der Waals surface area contributed by atoms with E-state index in [1.807, 2.05) is 13.0 Å². The standard InChI is InChI=1S/C17H21N3O6S/c1-10-5-12(26-20-10)6-11-8-25-9-15(11)19-17(21)14-7-13(27(18,22)23)3-4-16(14)24-2/h3-5,7,11,15H,6,8-9H2,1-2H3,(H,19,21)(H2,18,22,23)/t11-,15+/m1/s1. The van der Waals surface area contributed by atoms with Gasteiger partial charge >= 0.3 is 0 Å². The maximum atomic E-state index is 12.7. The van der Waals surface area contributed by atoms with Crippen molar-refractivity contribution in [3.8, 4) is 5.75 Å². The van der Waals surface area contributed by atoms with Gasteiger partial charge in [-0.3, -0.25) is 4.79 Å². The van der Waals surface area contributed by atoms with E-state index < -0.39 is 15.9 Å². The molecule has 0 saturated carbocycles. The van der Waals surface area contributed by atoms with E-state index in [1.54, 1.807) is 0 Å². The van der Waals surface area contributed by atoms with Crippen LogP contribution >= 0.6 is 0 Å². The molecular weight excluding hydrogens is 374 g/mol. The van der Waals surface area contributed by atoms with Gasteiger partial charge in [0.05, 0.1) is 42.5 Å². The second kappa shape index (κ2) is 7.67. The van der Waals surface area contributed by atoms with Gasteiger partial charge in [0, 0.05) is 18.4 Å². The van der Waals surface area contributed by atoms with Gasteiger partial charge in [-0.25, -0.2) is 13.6 Å². The Bertz CT molecular complexity index is 940. The Balaban J connectivity index is 1.77. The third-order valence-corrected chi connectivity index (χ3v) is 5.31. The van der Waals surface area contributed by atoms with Gasteiger partial charge in [0.25, 0.3) is 5.91 Å². The van der Waals surface area contributed by atoms with Crippen molar-refractivity contribution in [2.24, 2.45) is 11.1 Å². The summed E-state index contributed by atoms with van der Waals surface area (Å²) in [4.78, 5) is 12.6. The van der Waals surface area contributed by atoms with Gasteiger partial charge in [0.1, 0.15) is 11.5 Å². The van der Waals surface area contributed by atoms with Crippen LogP contribution in [0.25, 0.3) is 0 Å². The number of benzene rings is 1. The number of aryl methyl sites for hydroxylation is 1. The summed E-state index contributed by atoms with van der Waals surface area (Å²) in [6, 6.07) is 5.47. The molecule has 2 atom stereocenters. The average Bonchev–Trinajstić information content (AvgIpc) is 3.22. The zero-order valence-corrected chi connectivity index (χ0v) is 15.8. The van der Waals surface area contributed by atoms with E-state index in [2.05, 4.69) is 10.5 Å². The molecule has 10 heteroatoms. The molecule has 2 heterocycles. The molecule has 0 spiro atoms. The molecule has 1 aliphatic rings. The van der Waals surface area contributed by atoms with Gasteiger partial charge in [-0.15, -0.1) is 0 Å². The lowest BCUT2D eigenvalue weighted by Gasteiger charge is -2.19. The number of carbonyl (C=O) groups excluding carboxylic acids is 1. The fraction of sp³-hybridized carbons (Fsp3) is 0.412. The summed E-state index contributed by atoms with van der Waals surface area (Å²) < 4.78 is 39.1. The molecule has 1 amide bonds. The van der Waals surface area contributed by atoms with Crippen molar-refractivity contribution in [2.75, 3.05) is 20.3 Å². The van der Waals surface area contributed by atoms with Crippen LogP contribution < -0.4 is 15.2 Å². The number of nitrogens with one attached hydrogen (secondary N) is 1. The SMILES string of the molecule is COc1ccc(S(N)(=O)=O)cc1C(=O)N[C@H]1COC[C@H]1Cc1cc(C)no1. The molecule has 0 radical (unpaired) electrons. The average molecular weight is 395 g/mol. The number of ether oxygens (including phenoxy) is 2. The largest absolute Gasteiger partial charge is 0.496 e. The number of nitrogens with zero attached hydrogens (tertiary/aromatic N) is 1. The Morgan fingerprint density at radius 2 is 2.15 bits per heavy atom. The van der Waals surface area contributed by atoms with Crippen molar-refractivity contribution in [1.29, 1.82) is 0 Å². The molecule has 27 heavy (non-hydrogen) atoms. The molecule has 1 aromatic heterocycles. The second-order valence-corrected chi connectivity index (χ2v) is 7.98. The van der Waals surface area contributed by atoms with E-state index in [-0.39, 0.29) is 28.2 Å². The highest BCUT2D eigenvalue weighted by molar-refractivity contribution is 7.89. The minimum atomic E-state index is -3.94. The number of amides is 1. The van der Waals surface area contributed by atoms with Crippen LogP contribution in [0.3, 0.4) is 0 Å². The summed E-state index contributed by atoms with van der Waals surface area (Å²) in [5.74, 6) is 0.512. The fourth-order valence-electron chi connectivity index (χ4n) is 3.02. The van der Waals surface area contributed by atoms with Gasteiger partial charge in [0.2, 0.25) is 10.0 Å². The molecule has 0 bridgehead atoms. The van der Waals surface area contributed by atoms with Gasteiger partial charge in [-0.05, 0) is 25.1 Å². The molecule has 1 aromatic carbocycles. The zero-order chi connectivity index (χ0) is 19.6. The number of hydrogen-bond acceptors (Lipinski definition) is 7. The number of aromatic nitrogens is 1. The Hall–Kier alpha value is -2.43. The first-order chi connectivity index (χ1) is 12.8. The first-order valence-corrected chi connectivity index (χ1v) is 9.84. The van der Waals surface area contributed by atoms with Crippen molar-refractivity contribution < 1.29 is 27.2 Å². The summed E-state index contributed by atoms with van der Waals surface area (Å²) in [6.07, 6.45) is 0.570. The lowest BCUT2D eigenvalue weighted by Crippen LogP contribution is -2.40. The van der Waals surface area contributed by atoms with Crippen LogP contribution in [0.4, 0.5) is 0 Å². The van der Waals surface area contributed by atoms with Crippen LogP contribution in [0.2, 0.25) is 0 Å². The van der Waals surface area contributed by atoms with Crippen molar-refractivity contribution in [2.45, 2.75) is 24.3 Å². The van der Waals surface area contributed by atoms with Crippen LogP contribution in [-0.4, -0.2) is 45.8 Å². The lowest BCUT2D eigenvalue weighted by atomic mass is 9.97. The number of rotatable bonds is 6. The normalized spacial score (nSPS) is 19.8. The molecule has 1 saturated heterocycles. The lowest BCUT2D eigenvalue weighted by molar-refractivity contribution is 0.0921. The summed E-state index contributed by atoms with van der Waals surface area (Å²) in [5, 5.41) is 11.9. The number of methoxy groups -OCH3 is 1. The van der Waals surface area contributed by atoms with E-state index in [4.69, 9.17) is 19.1 Å². The van der Waals surface area contributed by atoms with E-state index in [1.165, 1.54) is 25.3 Å². The summed E-state index contributed by atoms with van der Waals surface area (Å²) >= 11 is 0. The second-order valence-electron chi connectivity index (χ2n) is 6.42. The quantitative estimate of drug-likeness (QED) is 0.732. The van der Waals surface area contributed by atoms with Crippen molar-refractivity contribution in [1.82, 2.24) is 10.5 Å². The molecule has 2 aromatic rings. The van der Waals surface area contributed by atoms with E-state index in [0.717, 1.165) is 11.5 Å². The zero-order valence-electron chi connectivity index (χ0n) is 15.0. The van der Waals surface area contributed by atoms with Gasteiger partial charge in [0.15, 0.2) is 0 Å². The number of carbonyl (C=O) groups is 1. The van der Waals surface area contributed by atoms with Crippen molar-refractivity contribution >= 4 is 15.9 Å². The Labute approximate surface area is 156 Å². The van der Waals surface area contributed by atoms with Crippen LogP contribution in [0, 0.1) is 12.8 Å². The maximum absolute atomic E-state index is 12.7. The molecule has 3 rings (SSSR count). The van der Waals surface area contributed by atoms with E-state index >= 15 is 0 Å². The van der Waals surface area contributed by atoms with Gasteiger partial charge < -0.3 is 19.3 Å².